The number of hydrogen-bond acceptors (Lipinski definition) is 3. The van der Waals surface area contributed by atoms with Crippen LogP contribution in [0.1, 0.15) is 51.9 Å². The standard InChI is InChI=1S/C15H31N3O/c1-3-17(2)15(19)13-18(12-8-11-16)14-9-6-4-5-7-10-14/h14H,3-13,16H2,1-2H3. The van der Waals surface area contributed by atoms with Crippen LogP contribution >= 0.6 is 0 Å². The highest BCUT2D eigenvalue weighted by Gasteiger charge is 2.22. The Kier molecular flexibility index (Phi) is 8.07. The van der Waals surface area contributed by atoms with Crippen molar-refractivity contribution >= 4 is 5.91 Å². The van der Waals surface area contributed by atoms with Gasteiger partial charge in [0.25, 0.3) is 0 Å². The van der Waals surface area contributed by atoms with Crippen LogP contribution in [0.4, 0.5) is 0 Å². The third-order valence-corrected chi connectivity index (χ3v) is 4.23. The van der Waals surface area contributed by atoms with E-state index in [1.54, 1.807) is 0 Å². The summed E-state index contributed by atoms with van der Waals surface area (Å²) in [7, 11) is 1.89. The molecular formula is C15H31N3O. The van der Waals surface area contributed by atoms with Crippen molar-refractivity contribution in [2.24, 2.45) is 5.73 Å². The molecule has 1 rings (SSSR count). The number of likely N-dealkylation sites (N-methyl/N-ethyl adjacent to an activating group) is 1. The van der Waals surface area contributed by atoms with Crippen LogP contribution in [0, 0.1) is 0 Å². The molecule has 19 heavy (non-hydrogen) atoms. The Bertz CT molecular complexity index is 250. The van der Waals surface area contributed by atoms with Crippen molar-refractivity contribution in [3.05, 3.63) is 0 Å². The molecule has 4 heteroatoms. The summed E-state index contributed by atoms with van der Waals surface area (Å²) in [6.07, 6.45) is 8.79. The first-order valence-corrected chi connectivity index (χ1v) is 7.87. The largest absolute Gasteiger partial charge is 0.345 e. The molecule has 2 N–H and O–H groups in total. The number of carbonyl (C=O) groups excluding carboxylic acids is 1. The van der Waals surface area contributed by atoms with Crippen LogP contribution in [-0.2, 0) is 4.79 Å². The van der Waals surface area contributed by atoms with Gasteiger partial charge in [-0.3, -0.25) is 9.69 Å². The zero-order valence-corrected chi connectivity index (χ0v) is 12.7. The number of nitrogens with zero attached hydrogens (tertiary/aromatic N) is 2. The van der Waals surface area contributed by atoms with Gasteiger partial charge in [-0.05, 0) is 32.7 Å². The van der Waals surface area contributed by atoms with E-state index in [1.165, 1.54) is 38.5 Å². The van der Waals surface area contributed by atoms with Crippen molar-refractivity contribution in [2.45, 2.75) is 57.9 Å². The van der Waals surface area contributed by atoms with E-state index in [2.05, 4.69) is 4.90 Å². The Morgan fingerprint density at radius 1 is 1.21 bits per heavy atom. The van der Waals surface area contributed by atoms with E-state index in [4.69, 9.17) is 5.73 Å². The highest BCUT2D eigenvalue weighted by Crippen LogP contribution is 2.22. The molecule has 0 saturated heterocycles. The van der Waals surface area contributed by atoms with E-state index < -0.39 is 0 Å². The average Bonchev–Trinajstić information content (AvgIpc) is 2.71. The third kappa shape index (κ3) is 5.91. The highest BCUT2D eigenvalue weighted by molar-refractivity contribution is 5.77. The van der Waals surface area contributed by atoms with Crippen LogP contribution in [0.3, 0.4) is 0 Å². The molecule has 0 radical (unpaired) electrons. The summed E-state index contributed by atoms with van der Waals surface area (Å²) in [5.74, 6) is 0.240. The summed E-state index contributed by atoms with van der Waals surface area (Å²) in [4.78, 5) is 16.3. The van der Waals surface area contributed by atoms with Crippen LogP contribution in [-0.4, -0.2) is 55.0 Å². The molecule has 0 atom stereocenters. The quantitative estimate of drug-likeness (QED) is 0.718. The van der Waals surface area contributed by atoms with Gasteiger partial charge in [0.15, 0.2) is 0 Å². The maximum atomic E-state index is 12.1. The highest BCUT2D eigenvalue weighted by atomic mass is 16.2. The van der Waals surface area contributed by atoms with E-state index in [9.17, 15) is 4.79 Å². The monoisotopic (exact) mass is 269 g/mol. The van der Waals surface area contributed by atoms with Gasteiger partial charge in [-0.2, -0.15) is 0 Å². The van der Waals surface area contributed by atoms with E-state index in [1.807, 2.05) is 18.9 Å². The molecule has 0 aromatic heterocycles. The van der Waals surface area contributed by atoms with Crippen LogP contribution in [0.2, 0.25) is 0 Å². The first-order chi connectivity index (χ1) is 9.19. The Morgan fingerprint density at radius 2 is 1.84 bits per heavy atom. The second-order valence-corrected chi connectivity index (χ2v) is 5.67. The lowest BCUT2D eigenvalue weighted by Gasteiger charge is -2.31. The van der Waals surface area contributed by atoms with E-state index >= 15 is 0 Å². The van der Waals surface area contributed by atoms with Gasteiger partial charge >= 0.3 is 0 Å². The average molecular weight is 269 g/mol. The van der Waals surface area contributed by atoms with Gasteiger partial charge in [-0.15, -0.1) is 0 Å². The molecule has 1 amide bonds. The van der Waals surface area contributed by atoms with Crippen molar-refractivity contribution in [1.29, 1.82) is 0 Å². The maximum Gasteiger partial charge on any atom is 0.236 e. The lowest BCUT2D eigenvalue weighted by molar-refractivity contribution is -0.131. The molecule has 0 spiro atoms. The first kappa shape index (κ1) is 16.4. The van der Waals surface area contributed by atoms with Gasteiger partial charge in [0.2, 0.25) is 5.91 Å². The molecule has 1 aliphatic carbocycles. The second kappa shape index (κ2) is 9.32. The lowest BCUT2D eigenvalue weighted by Crippen LogP contribution is -2.44. The summed E-state index contributed by atoms with van der Waals surface area (Å²) < 4.78 is 0. The molecule has 0 aliphatic heterocycles. The van der Waals surface area contributed by atoms with Gasteiger partial charge in [0.1, 0.15) is 0 Å². The number of nitrogens with two attached hydrogens (primary N) is 1. The topological polar surface area (TPSA) is 49.6 Å². The summed E-state index contributed by atoms with van der Waals surface area (Å²) in [6.45, 7) is 5.04. The smallest absolute Gasteiger partial charge is 0.236 e. The first-order valence-electron chi connectivity index (χ1n) is 7.87. The van der Waals surface area contributed by atoms with E-state index in [0.717, 1.165) is 19.5 Å². The molecule has 0 aromatic rings. The fourth-order valence-corrected chi connectivity index (χ4v) is 2.78. The summed E-state index contributed by atoms with van der Waals surface area (Å²) in [5, 5.41) is 0. The number of carbonyl (C=O) groups is 1. The molecular weight excluding hydrogens is 238 g/mol. The molecule has 0 bridgehead atoms. The van der Waals surface area contributed by atoms with Crippen molar-refractivity contribution in [1.82, 2.24) is 9.80 Å². The summed E-state index contributed by atoms with van der Waals surface area (Å²) >= 11 is 0. The second-order valence-electron chi connectivity index (χ2n) is 5.67. The van der Waals surface area contributed by atoms with E-state index in [-0.39, 0.29) is 5.91 Å². The Morgan fingerprint density at radius 3 is 2.37 bits per heavy atom. The summed E-state index contributed by atoms with van der Waals surface area (Å²) in [5.41, 5.74) is 5.63. The Hall–Kier alpha value is -0.610. The molecule has 0 unspecified atom stereocenters. The number of rotatable bonds is 7. The lowest BCUT2D eigenvalue weighted by atomic mass is 10.1. The fraction of sp³-hybridized carbons (Fsp3) is 0.933. The van der Waals surface area contributed by atoms with Crippen molar-refractivity contribution in [3.8, 4) is 0 Å². The molecule has 112 valence electrons. The molecule has 1 saturated carbocycles. The van der Waals surface area contributed by atoms with Gasteiger partial charge in [-0.25, -0.2) is 0 Å². The van der Waals surface area contributed by atoms with Crippen LogP contribution < -0.4 is 5.73 Å². The molecule has 0 aromatic carbocycles. The van der Waals surface area contributed by atoms with Crippen LogP contribution in [0.25, 0.3) is 0 Å². The zero-order chi connectivity index (χ0) is 14.1. The normalized spacial score (nSPS) is 17.5. The van der Waals surface area contributed by atoms with Crippen LogP contribution in [0.5, 0.6) is 0 Å². The maximum absolute atomic E-state index is 12.1. The Labute approximate surface area is 118 Å². The Balaban J connectivity index is 2.56. The predicted octanol–water partition coefficient (Wildman–Crippen LogP) is 1.84. The third-order valence-electron chi connectivity index (χ3n) is 4.23. The minimum Gasteiger partial charge on any atom is -0.345 e. The van der Waals surface area contributed by atoms with Gasteiger partial charge in [0, 0.05) is 26.2 Å². The van der Waals surface area contributed by atoms with Gasteiger partial charge in [-0.1, -0.05) is 25.7 Å². The SMILES string of the molecule is CCN(C)C(=O)CN(CCCN)C1CCCCCC1. The van der Waals surface area contributed by atoms with Gasteiger partial charge < -0.3 is 10.6 Å². The minimum atomic E-state index is 0.240. The molecule has 4 nitrogen and oxygen atoms in total. The van der Waals surface area contributed by atoms with Crippen LogP contribution in [0.15, 0.2) is 0 Å². The summed E-state index contributed by atoms with van der Waals surface area (Å²) in [6, 6.07) is 0.586. The predicted molar refractivity (Wildman–Crippen MR) is 80.0 cm³/mol. The van der Waals surface area contributed by atoms with E-state index in [0.29, 0.717) is 19.1 Å². The van der Waals surface area contributed by atoms with Crippen molar-refractivity contribution < 1.29 is 4.79 Å². The van der Waals surface area contributed by atoms with Gasteiger partial charge in [0.05, 0.1) is 6.54 Å². The molecule has 1 aliphatic rings. The van der Waals surface area contributed by atoms with Crippen molar-refractivity contribution in [2.75, 3.05) is 33.2 Å². The number of hydrogen-bond donors (Lipinski definition) is 1. The minimum absolute atomic E-state index is 0.240. The molecule has 1 fully saturated rings. The van der Waals surface area contributed by atoms with Crippen molar-refractivity contribution in [3.63, 3.8) is 0 Å². The zero-order valence-electron chi connectivity index (χ0n) is 12.7. The molecule has 0 heterocycles. The fourth-order valence-electron chi connectivity index (χ4n) is 2.78. The number of amides is 1.